The average molecular weight is 309 g/mol. The highest BCUT2D eigenvalue weighted by Crippen LogP contribution is 2.22. The number of aliphatic hydroxyl groups excluding tert-OH is 1. The topological polar surface area (TPSA) is 58.6 Å². The summed E-state index contributed by atoms with van der Waals surface area (Å²) in [4.78, 5) is 13.2. The molecule has 1 amide bonds. The summed E-state index contributed by atoms with van der Waals surface area (Å²) < 4.78 is 5.29. The number of aryl methyl sites for hydroxylation is 1. The first kappa shape index (κ1) is 16.3. The van der Waals surface area contributed by atoms with E-state index in [-0.39, 0.29) is 12.5 Å². The van der Waals surface area contributed by atoms with Crippen LogP contribution in [0.3, 0.4) is 0 Å². The van der Waals surface area contributed by atoms with Crippen LogP contribution in [-0.4, -0.2) is 42.1 Å². The smallest absolute Gasteiger partial charge is 0.221 e. The van der Waals surface area contributed by atoms with Crippen molar-refractivity contribution in [1.82, 2.24) is 5.32 Å². The minimum atomic E-state index is -0.482. The molecule has 1 aliphatic rings. The zero-order valence-corrected chi connectivity index (χ0v) is 13.2. The Kier molecular flexibility index (Phi) is 6.08. The van der Waals surface area contributed by atoms with Crippen LogP contribution in [0, 0.1) is 6.92 Å². The first-order valence-electron chi connectivity index (χ1n) is 7.33. The number of thioether (sulfide) groups is 1. The Labute approximate surface area is 130 Å². The molecule has 1 aromatic rings. The van der Waals surface area contributed by atoms with E-state index < -0.39 is 5.54 Å². The second-order valence-corrected chi connectivity index (χ2v) is 6.68. The maximum absolute atomic E-state index is 12.0. The van der Waals surface area contributed by atoms with Gasteiger partial charge in [-0.15, -0.1) is 11.8 Å². The number of carbonyl (C=O) groups is 1. The molecule has 0 atom stereocenters. The lowest BCUT2D eigenvalue weighted by atomic mass is 9.91. The standard InChI is InChI=1S/C16H23NO3S/c1-13-2-4-14(5-3-13)21-11-6-15(19)17-16(12-18)7-9-20-10-8-16/h2-5,18H,6-12H2,1H3,(H,17,19). The van der Waals surface area contributed by atoms with Crippen molar-refractivity contribution in [2.24, 2.45) is 0 Å². The quantitative estimate of drug-likeness (QED) is 0.791. The predicted molar refractivity (Wildman–Crippen MR) is 84.5 cm³/mol. The summed E-state index contributed by atoms with van der Waals surface area (Å²) in [6.07, 6.45) is 1.82. The van der Waals surface area contributed by atoms with Crippen LogP contribution in [0.1, 0.15) is 24.8 Å². The zero-order chi connectivity index (χ0) is 15.1. The lowest BCUT2D eigenvalue weighted by Gasteiger charge is -2.36. The third-order valence-electron chi connectivity index (χ3n) is 3.78. The molecule has 1 saturated heterocycles. The van der Waals surface area contributed by atoms with Crippen molar-refractivity contribution in [3.05, 3.63) is 29.8 Å². The molecule has 0 aromatic heterocycles. The van der Waals surface area contributed by atoms with Crippen LogP contribution in [0.5, 0.6) is 0 Å². The number of hydrogen-bond donors (Lipinski definition) is 2. The third kappa shape index (κ3) is 5.02. The monoisotopic (exact) mass is 309 g/mol. The lowest BCUT2D eigenvalue weighted by molar-refractivity contribution is -0.124. The minimum absolute atomic E-state index is 0.00515. The first-order valence-corrected chi connectivity index (χ1v) is 8.31. The van der Waals surface area contributed by atoms with Gasteiger partial charge in [-0.05, 0) is 31.9 Å². The summed E-state index contributed by atoms with van der Waals surface area (Å²) in [6, 6.07) is 8.30. The molecule has 5 heteroatoms. The van der Waals surface area contributed by atoms with Crippen LogP contribution in [0.4, 0.5) is 0 Å². The van der Waals surface area contributed by atoms with E-state index in [1.807, 2.05) is 0 Å². The molecule has 1 heterocycles. The van der Waals surface area contributed by atoms with E-state index in [9.17, 15) is 9.90 Å². The largest absolute Gasteiger partial charge is 0.394 e. The molecule has 0 spiro atoms. The van der Waals surface area contributed by atoms with Crippen LogP contribution in [0.15, 0.2) is 29.2 Å². The molecule has 0 aliphatic carbocycles. The second-order valence-electron chi connectivity index (χ2n) is 5.51. The zero-order valence-electron chi connectivity index (χ0n) is 12.4. The Balaban J connectivity index is 1.75. The van der Waals surface area contributed by atoms with Crippen LogP contribution in [0.25, 0.3) is 0 Å². The van der Waals surface area contributed by atoms with E-state index in [0.29, 0.717) is 32.5 Å². The van der Waals surface area contributed by atoms with Gasteiger partial charge in [0, 0.05) is 30.3 Å². The summed E-state index contributed by atoms with van der Waals surface area (Å²) >= 11 is 1.68. The fraction of sp³-hybridized carbons (Fsp3) is 0.562. The Morgan fingerprint density at radius 3 is 2.62 bits per heavy atom. The van der Waals surface area contributed by atoms with Gasteiger partial charge in [0.25, 0.3) is 0 Å². The summed E-state index contributed by atoms with van der Waals surface area (Å²) in [6.45, 7) is 3.23. The van der Waals surface area contributed by atoms with Crippen molar-refractivity contribution >= 4 is 17.7 Å². The van der Waals surface area contributed by atoms with Gasteiger partial charge in [-0.3, -0.25) is 4.79 Å². The van der Waals surface area contributed by atoms with Gasteiger partial charge in [0.1, 0.15) is 0 Å². The van der Waals surface area contributed by atoms with Crippen LogP contribution >= 0.6 is 11.8 Å². The van der Waals surface area contributed by atoms with Crippen molar-refractivity contribution < 1.29 is 14.6 Å². The molecule has 0 radical (unpaired) electrons. The number of amides is 1. The number of carbonyl (C=O) groups excluding carboxylic acids is 1. The van der Waals surface area contributed by atoms with Crippen molar-refractivity contribution in [2.45, 2.75) is 36.6 Å². The SMILES string of the molecule is Cc1ccc(SCCC(=O)NC2(CO)CCOCC2)cc1. The normalized spacial score (nSPS) is 17.4. The molecule has 4 nitrogen and oxygen atoms in total. The van der Waals surface area contributed by atoms with Gasteiger partial charge in [-0.1, -0.05) is 17.7 Å². The van der Waals surface area contributed by atoms with Crippen molar-refractivity contribution in [2.75, 3.05) is 25.6 Å². The minimum Gasteiger partial charge on any atom is -0.394 e. The van der Waals surface area contributed by atoms with E-state index in [1.165, 1.54) is 10.5 Å². The van der Waals surface area contributed by atoms with Crippen LogP contribution in [-0.2, 0) is 9.53 Å². The highest BCUT2D eigenvalue weighted by Gasteiger charge is 2.33. The van der Waals surface area contributed by atoms with Crippen LogP contribution in [0.2, 0.25) is 0 Å². The molecule has 0 unspecified atom stereocenters. The van der Waals surface area contributed by atoms with E-state index in [4.69, 9.17) is 4.74 Å². The lowest BCUT2D eigenvalue weighted by Crippen LogP contribution is -2.54. The second kappa shape index (κ2) is 7.82. The summed E-state index contributed by atoms with van der Waals surface area (Å²) in [5.41, 5.74) is 0.755. The summed E-state index contributed by atoms with van der Waals surface area (Å²) in [5, 5.41) is 12.5. The van der Waals surface area contributed by atoms with Gasteiger partial charge in [-0.2, -0.15) is 0 Å². The molecule has 2 N–H and O–H groups in total. The Morgan fingerprint density at radius 1 is 1.33 bits per heavy atom. The fourth-order valence-corrected chi connectivity index (χ4v) is 3.19. The molecule has 1 fully saturated rings. The Morgan fingerprint density at radius 2 is 2.00 bits per heavy atom. The predicted octanol–water partition coefficient (Wildman–Crippen LogP) is 2.13. The third-order valence-corrected chi connectivity index (χ3v) is 4.79. The van der Waals surface area contributed by atoms with Crippen molar-refractivity contribution in [1.29, 1.82) is 0 Å². The van der Waals surface area contributed by atoms with Crippen molar-refractivity contribution in [3.63, 3.8) is 0 Å². The molecular weight excluding hydrogens is 286 g/mol. The van der Waals surface area contributed by atoms with Gasteiger partial charge in [0.2, 0.25) is 5.91 Å². The molecule has 21 heavy (non-hydrogen) atoms. The Hall–Kier alpha value is -1.04. The number of ether oxygens (including phenoxy) is 1. The van der Waals surface area contributed by atoms with E-state index in [1.54, 1.807) is 11.8 Å². The Bertz CT molecular complexity index is 455. The molecule has 116 valence electrons. The molecule has 0 saturated carbocycles. The van der Waals surface area contributed by atoms with Gasteiger partial charge < -0.3 is 15.2 Å². The van der Waals surface area contributed by atoms with Gasteiger partial charge in [0.05, 0.1) is 12.1 Å². The van der Waals surface area contributed by atoms with Gasteiger partial charge in [0.15, 0.2) is 0 Å². The molecule has 2 rings (SSSR count). The molecule has 0 bridgehead atoms. The number of rotatable bonds is 6. The van der Waals surface area contributed by atoms with Gasteiger partial charge in [-0.25, -0.2) is 0 Å². The number of hydrogen-bond acceptors (Lipinski definition) is 4. The summed E-state index contributed by atoms with van der Waals surface area (Å²) in [5.74, 6) is 0.748. The molecule has 1 aliphatic heterocycles. The first-order chi connectivity index (χ1) is 10.1. The van der Waals surface area contributed by atoms with Crippen LogP contribution < -0.4 is 5.32 Å². The van der Waals surface area contributed by atoms with Crippen molar-refractivity contribution in [3.8, 4) is 0 Å². The maximum atomic E-state index is 12.0. The highest BCUT2D eigenvalue weighted by atomic mass is 32.2. The number of benzene rings is 1. The fourth-order valence-electron chi connectivity index (χ4n) is 2.34. The van der Waals surface area contributed by atoms with Gasteiger partial charge >= 0.3 is 0 Å². The maximum Gasteiger partial charge on any atom is 0.221 e. The average Bonchev–Trinajstić information content (AvgIpc) is 2.50. The van der Waals surface area contributed by atoms with E-state index in [2.05, 4.69) is 36.5 Å². The molecule has 1 aromatic carbocycles. The number of nitrogens with one attached hydrogen (secondary N) is 1. The number of aliphatic hydroxyl groups is 1. The summed E-state index contributed by atoms with van der Waals surface area (Å²) in [7, 11) is 0. The highest BCUT2D eigenvalue weighted by molar-refractivity contribution is 7.99. The van der Waals surface area contributed by atoms with E-state index in [0.717, 1.165) is 5.75 Å². The molecular formula is C16H23NO3S. The van der Waals surface area contributed by atoms with E-state index >= 15 is 0 Å².